The van der Waals surface area contributed by atoms with Gasteiger partial charge in [-0.15, -0.1) is 0 Å². The van der Waals surface area contributed by atoms with Crippen LogP contribution in [0.3, 0.4) is 0 Å². The van der Waals surface area contributed by atoms with Gasteiger partial charge in [0.25, 0.3) is 0 Å². The zero-order valence-electron chi connectivity index (χ0n) is 11.3. The summed E-state index contributed by atoms with van der Waals surface area (Å²) in [7, 11) is 0. The van der Waals surface area contributed by atoms with Crippen molar-refractivity contribution in [1.82, 2.24) is 4.90 Å². The van der Waals surface area contributed by atoms with Gasteiger partial charge in [0.05, 0.1) is 18.2 Å². The summed E-state index contributed by atoms with van der Waals surface area (Å²) in [6, 6.07) is 8.96. The summed E-state index contributed by atoms with van der Waals surface area (Å²) in [5.74, 6) is 0.555. The maximum absolute atomic E-state index is 10.8. The number of nitrogens with zero attached hydrogens (tertiary/aromatic N) is 2. The zero-order chi connectivity index (χ0) is 14.4. The Hall–Kier alpha value is -2.06. The number of ether oxygens (including phenoxy) is 1. The number of carboxylic acid groups (broad SMARTS) is 1. The number of rotatable bonds is 8. The van der Waals surface area contributed by atoms with Crippen LogP contribution in [0.1, 0.15) is 18.4 Å². The molecule has 1 aromatic rings. The molecule has 2 rings (SSSR count). The summed E-state index contributed by atoms with van der Waals surface area (Å²) in [5.41, 5.74) is 0.596. The third-order valence-corrected chi connectivity index (χ3v) is 3.23. The molecular weight excluding hydrogens is 256 g/mol. The molecule has 20 heavy (non-hydrogen) atoms. The molecule has 1 saturated carbocycles. The van der Waals surface area contributed by atoms with E-state index in [2.05, 4.69) is 0 Å². The first-order valence-corrected chi connectivity index (χ1v) is 6.74. The van der Waals surface area contributed by atoms with E-state index in [-0.39, 0.29) is 6.54 Å². The topological polar surface area (TPSA) is 73.6 Å². The summed E-state index contributed by atoms with van der Waals surface area (Å²) in [6.07, 6.45) is 2.40. The van der Waals surface area contributed by atoms with E-state index in [4.69, 9.17) is 15.1 Å². The Labute approximate surface area is 118 Å². The van der Waals surface area contributed by atoms with Crippen molar-refractivity contribution in [1.29, 1.82) is 5.26 Å². The van der Waals surface area contributed by atoms with Gasteiger partial charge in [0.1, 0.15) is 12.4 Å². The number of benzene rings is 1. The van der Waals surface area contributed by atoms with Crippen molar-refractivity contribution >= 4 is 5.97 Å². The Morgan fingerprint density at radius 1 is 1.40 bits per heavy atom. The second-order valence-corrected chi connectivity index (χ2v) is 5.06. The highest BCUT2D eigenvalue weighted by Gasteiger charge is 2.25. The third-order valence-electron chi connectivity index (χ3n) is 3.23. The van der Waals surface area contributed by atoms with Gasteiger partial charge in [-0.1, -0.05) is 0 Å². The van der Waals surface area contributed by atoms with Gasteiger partial charge in [-0.2, -0.15) is 5.26 Å². The van der Waals surface area contributed by atoms with Gasteiger partial charge in [-0.25, -0.2) is 0 Å². The van der Waals surface area contributed by atoms with Crippen molar-refractivity contribution in [3.8, 4) is 11.8 Å². The van der Waals surface area contributed by atoms with Gasteiger partial charge in [0, 0.05) is 13.1 Å². The summed E-state index contributed by atoms with van der Waals surface area (Å²) >= 11 is 0. The summed E-state index contributed by atoms with van der Waals surface area (Å²) in [4.78, 5) is 12.7. The average molecular weight is 274 g/mol. The molecule has 0 aliphatic heterocycles. The van der Waals surface area contributed by atoms with E-state index < -0.39 is 5.97 Å². The van der Waals surface area contributed by atoms with Crippen LogP contribution in [0.2, 0.25) is 0 Å². The van der Waals surface area contributed by atoms with Gasteiger partial charge in [0.15, 0.2) is 0 Å². The molecule has 0 spiro atoms. The fraction of sp³-hybridized carbons (Fsp3) is 0.467. The molecule has 0 radical (unpaired) electrons. The van der Waals surface area contributed by atoms with Crippen LogP contribution in [0.15, 0.2) is 24.3 Å². The minimum absolute atomic E-state index is 0.0627. The molecule has 1 fully saturated rings. The van der Waals surface area contributed by atoms with Crippen LogP contribution in [0.5, 0.6) is 5.75 Å². The fourth-order valence-corrected chi connectivity index (χ4v) is 2.01. The Kier molecular flexibility index (Phi) is 4.97. The molecule has 0 atom stereocenters. The van der Waals surface area contributed by atoms with Crippen molar-refractivity contribution in [3.63, 3.8) is 0 Å². The Morgan fingerprint density at radius 2 is 2.10 bits per heavy atom. The van der Waals surface area contributed by atoms with Crippen LogP contribution in [-0.2, 0) is 4.79 Å². The second kappa shape index (κ2) is 6.92. The van der Waals surface area contributed by atoms with Crippen molar-refractivity contribution in [2.45, 2.75) is 12.8 Å². The quantitative estimate of drug-likeness (QED) is 0.781. The van der Waals surface area contributed by atoms with Crippen molar-refractivity contribution in [2.75, 3.05) is 26.2 Å². The van der Waals surface area contributed by atoms with Crippen LogP contribution in [0.25, 0.3) is 0 Å². The van der Waals surface area contributed by atoms with E-state index in [1.54, 1.807) is 24.3 Å². The lowest BCUT2D eigenvalue weighted by Gasteiger charge is -2.20. The number of aliphatic carboxylic acids is 1. The molecule has 5 nitrogen and oxygen atoms in total. The first-order chi connectivity index (χ1) is 9.67. The molecule has 1 aromatic carbocycles. The van der Waals surface area contributed by atoms with Gasteiger partial charge in [-0.3, -0.25) is 9.69 Å². The molecule has 0 bridgehead atoms. The Bertz CT molecular complexity index is 489. The SMILES string of the molecule is N#Cc1ccc(OCCN(CC(=O)O)CC2CC2)cc1. The molecule has 0 amide bonds. The smallest absolute Gasteiger partial charge is 0.317 e. The molecule has 106 valence electrons. The predicted octanol–water partition coefficient (Wildman–Crippen LogP) is 1.73. The molecule has 1 aliphatic rings. The van der Waals surface area contributed by atoms with E-state index in [9.17, 15) is 4.79 Å². The van der Waals surface area contributed by atoms with Crippen LogP contribution in [0, 0.1) is 17.2 Å². The van der Waals surface area contributed by atoms with Crippen molar-refractivity contribution in [2.24, 2.45) is 5.92 Å². The average Bonchev–Trinajstić information content (AvgIpc) is 3.22. The van der Waals surface area contributed by atoms with Gasteiger partial charge in [0.2, 0.25) is 0 Å². The number of hydrogen-bond acceptors (Lipinski definition) is 4. The number of carbonyl (C=O) groups is 1. The number of nitriles is 1. The molecule has 0 aromatic heterocycles. The normalized spacial score (nSPS) is 14.0. The maximum Gasteiger partial charge on any atom is 0.317 e. The molecule has 0 saturated heterocycles. The lowest BCUT2D eigenvalue weighted by Crippen LogP contribution is -2.35. The van der Waals surface area contributed by atoms with E-state index in [1.165, 1.54) is 12.8 Å². The van der Waals surface area contributed by atoms with E-state index >= 15 is 0 Å². The lowest BCUT2D eigenvalue weighted by molar-refractivity contribution is -0.138. The molecule has 1 aliphatic carbocycles. The first-order valence-electron chi connectivity index (χ1n) is 6.74. The standard InChI is InChI=1S/C15H18N2O3/c16-9-12-3-5-14(6-4-12)20-8-7-17(11-15(18)19)10-13-1-2-13/h3-6,13H,1-2,7-8,10-11H2,(H,18,19). The van der Waals surface area contributed by atoms with Crippen LogP contribution in [0.4, 0.5) is 0 Å². The van der Waals surface area contributed by atoms with Gasteiger partial charge >= 0.3 is 5.97 Å². The summed E-state index contributed by atoms with van der Waals surface area (Å²) in [6.45, 7) is 1.95. The Morgan fingerprint density at radius 3 is 2.65 bits per heavy atom. The van der Waals surface area contributed by atoms with E-state index in [0.717, 1.165) is 6.54 Å². The molecule has 0 heterocycles. The van der Waals surface area contributed by atoms with E-state index in [1.807, 2.05) is 11.0 Å². The van der Waals surface area contributed by atoms with Crippen LogP contribution >= 0.6 is 0 Å². The highest BCUT2D eigenvalue weighted by Crippen LogP contribution is 2.29. The van der Waals surface area contributed by atoms with Crippen molar-refractivity contribution in [3.05, 3.63) is 29.8 Å². The minimum Gasteiger partial charge on any atom is -0.492 e. The van der Waals surface area contributed by atoms with Crippen LogP contribution in [-0.4, -0.2) is 42.2 Å². The summed E-state index contributed by atoms with van der Waals surface area (Å²) in [5, 5.41) is 17.6. The lowest BCUT2D eigenvalue weighted by atomic mass is 10.2. The molecule has 0 unspecified atom stereocenters. The largest absolute Gasteiger partial charge is 0.492 e. The van der Waals surface area contributed by atoms with Crippen molar-refractivity contribution < 1.29 is 14.6 Å². The highest BCUT2D eigenvalue weighted by molar-refractivity contribution is 5.69. The van der Waals surface area contributed by atoms with Gasteiger partial charge < -0.3 is 9.84 Å². The predicted molar refractivity (Wildman–Crippen MR) is 73.5 cm³/mol. The van der Waals surface area contributed by atoms with E-state index in [0.29, 0.717) is 30.4 Å². The zero-order valence-corrected chi connectivity index (χ0v) is 11.3. The highest BCUT2D eigenvalue weighted by atomic mass is 16.5. The molecule has 1 N–H and O–H groups in total. The van der Waals surface area contributed by atoms with Crippen LogP contribution < -0.4 is 4.74 Å². The third kappa shape index (κ3) is 4.90. The number of hydrogen-bond donors (Lipinski definition) is 1. The monoisotopic (exact) mass is 274 g/mol. The number of carboxylic acids is 1. The fourth-order valence-electron chi connectivity index (χ4n) is 2.01. The molecule has 5 heteroatoms. The second-order valence-electron chi connectivity index (χ2n) is 5.06. The summed E-state index contributed by atoms with van der Waals surface area (Å²) < 4.78 is 5.58. The Balaban J connectivity index is 1.76. The maximum atomic E-state index is 10.8. The minimum atomic E-state index is -0.802. The first kappa shape index (κ1) is 14.4. The van der Waals surface area contributed by atoms with Gasteiger partial charge in [-0.05, 0) is 43.0 Å². The molecular formula is C15H18N2O3.